The maximum absolute atomic E-state index is 11.4. The van der Waals surface area contributed by atoms with Crippen molar-refractivity contribution in [3.63, 3.8) is 0 Å². The molecular formula is C14H21NO. The van der Waals surface area contributed by atoms with E-state index < -0.39 is 0 Å². The number of carbonyl (C=O) groups excluding carboxylic acids is 1. The van der Waals surface area contributed by atoms with Crippen LogP contribution in [0.3, 0.4) is 0 Å². The molecule has 0 aliphatic carbocycles. The van der Waals surface area contributed by atoms with E-state index in [9.17, 15) is 4.79 Å². The van der Waals surface area contributed by atoms with Crippen LogP contribution in [-0.4, -0.2) is 12.5 Å². The molecule has 0 fully saturated rings. The van der Waals surface area contributed by atoms with Gasteiger partial charge >= 0.3 is 0 Å². The summed E-state index contributed by atoms with van der Waals surface area (Å²) >= 11 is 0. The van der Waals surface area contributed by atoms with Gasteiger partial charge in [0.05, 0.1) is 6.42 Å². The van der Waals surface area contributed by atoms with Gasteiger partial charge in [-0.25, -0.2) is 0 Å². The predicted molar refractivity (Wildman–Crippen MR) is 67.4 cm³/mol. The Kier molecular flexibility index (Phi) is 5.62. The molecule has 0 bridgehead atoms. The second-order valence-corrected chi connectivity index (χ2v) is 4.05. The number of amides is 1. The zero-order valence-corrected chi connectivity index (χ0v) is 10.3. The summed E-state index contributed by atoms with van der Waals surface area (Å²) in [4.78, 5) is 11.4. The lowest BCUT2D eigenvalue weighted by atomic mass is 10.0. The second-order valence-electron chi connectivity index (χ2n) is 4.05. The molecule has 0 aromatic heterocycles. The third-order valence-corrected chi connectivity index (χ3v) is 2.58. The van der Waals surface area contributed by atoms with Gasteiger partial charge in [-0.1, -0.05) is 37.6 Å². The number of hydrogen-bond donors (Lipinski definition) is 1. The highest BCUT2D eigenvalue weighted by Crippen LogP contribution is 2.08. The largest absolute Gasteiger partial charge is 0.356 e. The molecule has 0 heterocycles. The fourth-order valence-corrected chi connectivity index (χ4v) is 1.65. The summed E-state index contributed by atoms with van der Waals surface area (Å²) in [6, 6.07) is 8.37. The van der Waals surface area contributed by atoms with Gasteiger partial charge in [-0.2, -0.15) is 0 Å². The van der Waals surface area contributed by atoms with Crippen molar-refractivity contribution in [3.05, 3.63) is 35.4 Å². The highest BCUT2D eigenvalue weighted by atomic mass is 16.1. The number of aryl methyl sites for hydroxylation is 1. The summed E-state index contributed by atoms with van der Waals surface area (Å²) in [5.74, 6) is 0.101. The van der Waals surface area contributed by atoms with Crippen LogP contribution in [0.5, 0.6) is 0 Å². The number of likely N-dealkylation sites (N-methyl/N-ethyl adjacent to an activating group) is 1. The average molecular weight is 219 g/mol. The first-order chi connectivity index (χ1) is 7.76. The van der Waals surface area contributed by atoms with E-state index in [2.05, 4.69) is 36.5 Å². The van der Waals surface area contributed by atoms with Crippen LogP contribution < -0.4 is 5.32 Å². The molecule has 88 valence electrons. The van der Waals surface area contributed by atoms with Crippen molar-refractivity contribution in [3.8, 4) is 0 Å². The summed E-state index contributed by atoms with van der Waals surface area (Å²) in [5.41, 5.74) is 2.45. The van der Waals surface area contributed by atoms with Gasteiger partial charge in [-0.3, -0.25) is 4.79 Å². The number of benzene rings is 1. The fraction of sp³-hybridized carbons (Fsp3) is 0.500. The minimum absolute atomic E-state index is 0.101. The Morgan fingerprint density at radius 2 is 1.75 bits per heavy atom. The van der Waals surface area contributed by atoms with E-state index in [-0.39, 0.29) is 5.91 Å². The summed E-state index contributed by atoms with van der Waals surface area (Å²) in [5, 5.41) is 2.80. The minimum Gasteiger partial charge on any atom is -0.356 e. The minimum atomic E-state index is 0.101. The lowest BCUT2D eigenvalue weighted by Gasteiger charge is -2.04. The lowest BCUT2D eigenvalue weighted by Crippen LogP contribution is -2.24. The molecule has 0 atom stereocenters. The van der Waals surface area contributed by atoms with Crippen molar-refractivity contribution in [2.45, 2.75) is 39.5 Å². The van der Waals surface area contributed by atoms with Crippen LogP contribution >= 0.6 is 0 Å². The van der Waals surface area contributed by atoms with Crippen molar-refractivity contribution >= 4 is 5.91 Å². The Morgan fingerprint density at radius 1 is 1.12 bits per heavy atom. The molecule has 2 nitrogen and oxygen atoms in total. The Morgan fingerprint density at radius 3 is 2.31 bits per heavy atom. The zero-order chi connectivity index (χ0) is 11.8. The molecule has 0 aliphatic rings. The van der Waals surface area contributed by atoms with Crippen LogP contribution in [0, 0.1) is 0 Å². The normalized spacial score (nSPS) is 10.1. The molecule has 1 rings (SSSR count). The molecule has 1 aromatic rings. The first-order valence-corrected chi connectivity index (χ1v) is 6.10. The summed E-state index contributed by atoms with van der Waals surface area (Å²) in [7, 11) is 0. The van der Waals surface area contributed by atoms with E-state index in [0.29, 0.717) is 13.0 Å². The van der Waals surface area contributed by atoms with E-state index in [1.165, 1.54) is 18.4 Å². The van der Waals surface area contributed by atoms with Gasteiger partial charge in [0.15, 0.2) is 0 Å². The number of hydrogen-bond acceptors (Lipinski definition) is 1. The van der Waals surface area contributed by atoms with Crippen molar-refractivity contribution in [2.75, 3.05) is 6.54 Å². The maximum atomic E-state index is 11.4. The number of nitrogens with one attached hydrogen (secondary N) is 1. The molecule has 0 spiro atoms. The first-order valence-electron chi connectivity index (χ1n) is 6.10. The SMILES string of the molecule is CCCCc1ccc(CC(=O)NCC)cc1. The molecule has 1 amide bonds. The van der Waals surface area contributed by atoms with E-state index in [1.54, 1.807) is 0 Å². The Hall–Kier alpha value is -1.31. The van der Waals surface area contributed by atoms with E-state index >= 15 is 0 Å². The molecule has 1 N–H and O–H groups in total. The molecular weight excluding hydrogens is 198 g/mol. The standard InChI is InChI=1S/C14H21NO/c1-3-5-6-12-7-9-13(10-8-12)11-14(16)15-4-2/h7-10H,3-6,11H2,1-2H3,(H,15,16). The molecule has 0 radical (unpaired) electrons. The van der Waals surface area contributed by atoms with Gasteiger partial charge in [0.1, 0.15) is 0 Å². The van der Waals surface area contributed by atoms with Crippen molar-refractivity contribution in [2.24, 2.45) is 0 Å². The molecule has 2 heteroatoms. The molecule has 0 saturated heterocycles. The zero-order valence-electron chi connectivity index (χ0n) is 10.3. The van der Waals surface area contributed by atoms with Crippen molar-refractivity contribution in [1.82, 2.24) is 5.32 Å². The Balaban J connectivity index is 2.47. The van der Waals surface area contributed by atoms with Crippen LogP contribution in [-0.2, 0) is 17.6 Å². The van der Waals surface area contributed by atoms with Crippen LogP contribution in [0.4, 0.5) is 0 Å². The third kappa shape index (κ3) is 4.47. The second kappa shape index (κ2) is 7.04. The molecule has 16 heavy (non-hydrogen) atoms. The Bertz CT molecular complexity index is 316. The third-order valence-electron chi connectivity index (χ3n) is 2.58. The molecule has 0 saturated carbocycles. The van der Waals surface area contributed by atoms with Crippen LogP contribution in [0.2, 0.25) is 0 Å². The monoisotopic (exact) mass is 219 g/mol. The summed E-state index contributed by atoms with van der Waals surface area (Å²) in [6.45, 7) is 4.84. The van der Waals surface area contributed by atoms with Gasteiger partial charge < -0.3 is 5.32 Å². The van der Waals surface area contributed by atoms with E-state index in [0.717, 1.165) is 12.0 Å². The molecule has 1 aromatic carbocycles. The topological polar surface area (TPSA) is 29.1 Å². The first kappa shape index (κ1) is 12.8. The smallest absolute Gasteiger partial charge is 0.224 e. The highest BCUT2D eigenvalue weighted by Gasteiger charge is 2.01. The van der Waals surface area contributed by atoms with Crippen LogP contribution in [0.1, 0.15) is 37.8 Å². The predicted octanol–water partition coefficient (Wildman–Crippen LogP) is 2.71. The van der Waals surface area contributed by atoms with Crippen LogP contribution in [0.15, 0.2) is 24.3 Å². The highest BCUT2D eigenvalue weighted by molar-refractivity contribution is 5.78. The van der Waals surface area contributed by atoms with Gasteiger partial charge in [0, 0.05) is 6.54 Å². The quantitative estimate of drug-likeness (QED) is 0.783. The molecule has 0 aliphatic heterocycles. The molecule has 0 unspecified atom stereocenters. The number of rotatable bonds is 6. The lowest BCUT2D eigenvalue weighted by molar-refractivity contribution is -0.120. The van der Waals surface area contributed by atoms with Gasteiger partial charge in [-0.05, 0) is 30.9 Å². The maximum Gasteiger partial charge on any atom is 0.224 e. The van der Waals surface area contributed by atoms with E-state index in [4.69, 9.17) is 0 Å². The summed E-state index contributed by atoms with van der Waals surface area (Å²) in [6.07, 6.45) is 4.08. The van der Waals surface area contributed by atoms with Crippen molar-refractivity contribution < 1.29 is 4.79 Å². The van der Waals surface area contributed by atoms with Gasteiger partial charge in [0.25, 0.3) is 0 Å². The Labute approximate surface area is 98.1 Å². The average Bonchev–Trinajstić information content (AvgIpc) is 2.28. The van der Waals surface area contributed by atoms with E-state index in [1.807, 2.05) is 6.92 Å². The van der Waals surface area contributed by atoms with Gasteiger partial charge in [-0.15, -0.1) is 0 Å². The number of unbranched alkanes of at least 4 members (excludes halogenated alkanes) is 1. The van der Waals surface area contributed by atoms with Crippen LogP contribution in [0.25, 0.3) is 0 Å². The van der Waals surface area contributed by atoms with Crippen molar-refractivity contribution in [1.29, 1.82) is 0 Å². The number of carbonyl (C=O) groups is 1. The van der Waals surface area contributed by atoms with Gasteiger partial charge in [0.2, 0.25) is 5.91 Å². The fourth-order valence-electron chi connectivity index (χ4n) is 1.65. The summed E-state index contributed by atoms with van der Waals surface area (Å²) < 4.78 is 0.